The average Bonchev–Trinajstić information content (AvgIpc) is 2.62. The molecule has 138 valence electrons. The lowest BCUT2D eigenvalue weighted by Crippen LogP contribution is -2.52. The van der Waals surface area contributed by atoms with E-state index in [4.69, 9.17) is 4.74 Å². The number of fused-ring (bicyclic) bond motifs is 1. The van der Waals surface area contributed by atoms with Gasteiger partial charge in [-0.1, -0.05) is 18.2 Å². The summed E-state index contributed by atoms with van der Waals surface area (Å²) in [5, 5.41) is 2.70. The monoisotopic (exact) mass is 366 g/mol. The normalized spacial score (nSPS) is 22.9. The van der Waals surface area contributed by atoms with Crippen molar-refractivity contribution in [3.63, 3.8) is 0 Å². The molecule has 0 saturated carbocycles. The molecule has 1 saturated heterocycles. The summed E-state index contributed by atoms with van der Waals surface area (Å²) in [4.78, 5) is 11.9. The molecule has 0 aliphatic carbocycles. The van der Waals surface area contributed by atoms with Crippen LogP contribution in [-0.2, 0) is 14.8 Å². The fraction of sp³-hybridized carbons (Fsp3) is 0.611. The molecular weight excluding hydrogens is 340 g/mol. The van der Waals surface area contributed by atoms with Gasteiger partial charge in [-0.15, -0.1) is 0 Å². The van der Waals surface area contributed by atoms with E-state index in [9.17, 15) is 13.2 Å². The van der Waals surface area contributed by atoms with Crippen LogP contribution in [0.3, 0.4) is 0 Å². The average molecular weight is 366 g/mol. The van der Waals surface area contributed by atoms with Crippen LogP contribution in [0, 0.1) is 0 Å². The van der Waals surface area contributed by atoms with E-state index < -0.39 is 10.0 Å². The fourth-order valence-electron chi connectivity index (χ4n) is 3.91. The van der Waals surface area contributed by atoms with Crippen molar-refractivity contribution >= 4 is 15.9 Å². The smallest absolute Gasteiger partial charge is 0.220 e. The molecule has 2 heterocycles. The summed E-state index contributed by atoms with van der Waals surface area (Å²) >= 11 is 0. The number of para-hydroxylation sites is 1. The number of ether oxygens (including phenoxy) is 1. The van der Waals surface area contributed by atoms with Gasteiger partial charge >= 0.3 is 0 Å². The number of nitrogens with zero attached hydrogens (tertiary/aromatic N) is 1. The molecule has 7 heteroatoms. The predicted molar refractivity (Wildman–Crippen MR) is 96.1 cm³/mol. The summed E-state index contributed by atoms with van der Waals surface area (Å²) in [6.45, 7) is 2.63. The standard InChI is InChI=1S/C18H26N2O4S/c1-3-25(22,23)20-10-8-18(9-11-20)13-14(12-17(21)19-2)15-6-4-5-7-16(15)24-18/h4-7,14H,3,8-13H2,1-2H3,(H,19,21)/t14-/m1/s1. The molecule has 1 amide bonds. The van der Waals surface area contributed by atoms with E-state index in [1.807, 2.05) is 24.3 Å². The van der Waals surface area contributed by atoms with Crippen molar-refractivity contribution in [3.05, 3.63) is 29.8 Å². The zero-order chi connectivity index (χ0) is 18.1. The van der Waals surface area contributed by atoms with Gasteiger partial charge in [0.1, 0.15) is 11.4 Å². The molecule has 1 N–H and O–H groups in total. The molecule has 3 rings (SSSR count). The molecule has 0 unspecified atom stereocenters. The maximum absolute atomic E-state index is 12.1. The van der Waals surface area contributed by atoms with Gasteiger partial charge in [0.15, 0.2) is 0 Å². The van der Waals surface area contributed by atoms with E-state index in [1.54, 1.807) is 18.3 Å². The van der Waals surface area contributed by atoms with Crippen molar-refractivity contribution in [2.24, 2.45) is 0 Å². The third kappa shape index (κ3) is 3.67. The lowest BCUT2D eigenvalue weighted by molar-refractivity contribution is -0.121. The molecule has 1 aromatic carbocycles. The number of hydrogen-bond acceptors (Lipinski definition) is 4. The first-order valence-electron chi connectivity index (χ1n) is 8.85. The number of carbonyl (C=O) groups excluding carboxylic acids is 1. The number of sulfonamides is 1. The zero-order valence-electron chi connectivity index (χ0n) is 14.8. The van der Waals surface area contributed by atoms with Crippen LogP contribution in [0.4, 0.5) is 0 Å². The van der Waals surface area contributed by atoms with Crippen molar-refractivity contribution < 1.29 is 17.9 Å². The first-order valence-corrected chi connectivity index (χ1v) is 10.5. The Kier molecular flexibility index (Phi) is 5.06. The van der Waals surface area contributed by atoms with Crippen LogP contribution in [0.2, 0.25) is 0 Å². The minimum absolute atomic E-state index is 0.0165. The van der Waals surface area contributed by atoms with E-state index >= 15 is 0 Å². The van der Waals surface area contributed by atoms with Crippen molar-refractivity contribution in [2.75, 3.05) is 25.9 Å². The van der Waals surface area contributed by atoms with Crippen LogP contribution in [-0.4, -0.2) is 50.1 Å². The number of nitrogens with one attached hydrogen (secondary N) is 1. The van der Waals surface area contributed by atoms with E-state index in [1.165, 1.54) is 0 Å². The summed E-state index contributed by atoms with van der Waals surface area (Å²) in [5.41, 5.74) is 0.688. The van der Waals surface area contributed by atoms with Gasteiger partial charge in [0.2, 0.25) is 15.9 Å². The van der Waals surface area contributed by atoms with Crippen LogP contribution in [0.5, 0.6) is 5.75 Å². The predicted octanol–water partition coefficient (Wildman–Crippen LogP) is 1.87. The topological polar surface area (TPSA) is 75.7 Å². The fourth-order valence-corrected chi connectivity index (χ4v) is 5.02. The number of hydrogen-bond donors (Lipinski definition) is 1. The molecule has 0 radical (unpaired) electrons. The molecule has 2 aliphatic heterocycles. The molecule has 1 atom stereocenters. The van der Waals surface area contributed by atoms with Crippen LogP contribution in [0.15, 0.2) is 24.3 Å². The Balaban J connectivity index is 1.81. The lowest BCUT2D eigenvalue weighted by Gasteiger charge is -2.46. The summed E-state index contributed by atoms with van der Waals surface area (Å²) in [6, 6.07) is 7.87. The molecule has 0 aromatic heterocycles. The maximum Gasteiger partial charge on any atom is 0.220 e. The Labute approximate surface area is 149 Å². The van der Waals surface area contributed by atoms with Crippen LogP contribution in [0.25, 0.3) is 0 Å². The number of amides is 1. The Hall–Kier alpha value is -1.60. The van der Waals surface area contributed by atoms with Crippen molar-refractivity contribution in [1.82, 2.24) is 9.62 Å². The van der Waals surface area contributed by atoms with Gasteiger partial charge in [-0.2, -0.15) is 0 Å². The highest BCUT2D eigenvalue weighted by Gasteiger charge is 2.45. The second-order valence-electron chi connectivity index (χ2n) is 6.90. The summed E-state index contributed by atoms with van der Waals surface area (Å²) in [7, 11) is -1.51. The second kappa shape index (κ2) is 6.96. The molecule has 1 fully saturated rings. The van der Waals surface area contributed by atoms with Crippen LogP contribution >= 0.6 is 0 Å². The van der Waals surface area contributed by atoms with E-state index in [0.717, 1.165) is 17.7 Å². The van der Waals surface area contributed by atoms with Crippen LogP contribution < -0.4 is 10.1 Å². The third-order valence-electron chi connectivity index (χ3n) is 5.41. The highest BCUT2D eigenvalue weighted by Crippen LogP contribution is 2.46. The van der Waals surface area contributed by atoms with Gasteiger partial charge in [0.05, 0.1) is 5.75 Å². The molecule has 0 bridgehead atoms. The molecular formula is C18H26N2O4S. The van der Waals surface area contributed by atoms with Crippen molar-refractivity contribution in [1.29, 1.82) is 0 Å². The molecule has 1 aromatic rings. The van der Waals surface area contributed by atoms with E-state index in [0.29, 0.717) is 32.4 Å². The second-order valence-corrected chi connectivity index (χ2v) is 9.16. The Morgan fingerprint density at radius 2 is 2.00 bits per heavy atom. The summed E-state index contributed by atoms with van der Waals surface area (Å²) < 4.78 is 32.1. The maximum atomic E-state index is 12.1. The van der Waals surface area contributed by atoms with Gasteiger partial charge in [0, 0.05) is 45.3 Å². The van der Waals surface area contributed by atoms with Crippen molar-refractivity contribution in [3.8, 4) is 5.75 Å². The Bertz CT molecular complexity index is 739. The minimum Gasteiger partial charge on any atom is -0.487 e. The SMILES string of the molecule is CCS(=O)(=O)N1CCC2(CC1)C[C@@H](CC(=O)NC)c1ccccc1O2. The highest BCUT2D eigenvalue weighted by molar-refractivity contribution is 7.89. The largest absolute Gasteiger partial charge is 0.487 e. The molecule has 6 nitrogen and oxygen atoms in total. The van der Waals surface area contributed by atoms with E-state index in [2.05, 4.69) is 5.32 Å². The number of rotatable bonds is 4. The van der Waals surface area contributed by atoms with E-state index in [-0.39, 0.29) is 23.2 Å². The van der Waals surface area contributed by atoms with Gasteiger partial charge in [0.25, 0.3) is 0 Å². The van der Waals surface area contributed by atoms with Crippen LogP contribution in [0.1, 0.15) is 44.1 Å². The number of carbonyl (C=O) groups is 1. The quantitative estimate of drug-likeness (QED) is 0.883. The minimum atomic E-state index is -3.16. The summed E-state index contributed by atoms with van der Waals surface area (Å²) in [5.74, 6) is 1.07. The van der Waals surface area contributed by atoms with Gasteiger partial charge in [-0.25, -0.2) is 12.7 Å². The first kappa shape index (κ1) is 18.2. The molecule has 1 spiro atoms. The summed E-state index contributed by atoms with van der Waals surface area (Å²) in [6.07, 6.45) is 2.49. The lowest BCUT2D eigenvalue weighted by atomic mass is 9.76. The Morgan fingerprint density at radius 1 is 1.32 bits per heavy atom. The molecule has 2 aliphatic rings. The third-order valence-corrected chi connectivity index (χ3v) is 7.29. The molecule has 25 heavy (non-hydrogen) atoms. The number of benzene rings is 1. The first-order chi connectivity index (χ1) is 11.9. The van der Waals surface area contributed by atoms with Gasteiger partial charge < -0.3 is 10.1 Å². The Morgan fingerprint density at radius 3 is 2.64 bits per heavy atom. The highest BCUT2D eigenvalue weighted by atomic mass is 32.2. The van der Waals surface area contributed by atoms with Gasteiger partial charge in [-0.05, 0) is 25.0 Å². The van der Waals surface area contributed by atoms with Gasteiger partial charge in [-0.3, -0.25) is 4.79 Å². The zero-order valence-corrected chi connectivity index (χ0v) is 15.6. The number of piperidine rings is 1. The van der Waals surface area contributed by atoms with Crippen molar-refractivity contribution in [2.45, 2.75) is 44.1 Å².